The molecule has 110 valence electrons. The Labute approximate surface area is 121 Å². The van der Waals surface area contributed by atoms with E-state index in [4.69, 9.17) is 9.47 Å². The van der Waals surface area contributed by atoms with Gasteiger partial charge in [0.2, 0.25) is 6.79 Å². The van der Waals surface area contributed by atoms with E-state index in [1.165, 1.54) is 25.7 Å². The predicted molar refractivity (Wildman–Crippen MR) is 81.4 cm³/mol. The van der Waals surface area contributed by atoms with Crippen molar-refractivity contribution in [2.75, 3.05) is 12.1 Å². The molecule has 0 radical (unpaired) electrons. The van der Waals surface area contributed by atoms with Crippen LogP contribution in [0.4, 0.5) is 5.69 Å². The van der Waals surface area contributed by atoms with E-state index < -0.39 is 0 Å². The van der Waals surface area contributed by atoms with Crippen molar-refractivity contribution in [3.05, 3.63) is 18.2 Å². The summed E-state index contributed by atoms with van der Waals surface area (Å²) in [6.45, 7) is 7.42. The van der Waals surface area contributed by atoms with Crippen molar-refractivity contribution in [3.63, 3.8) is 0 Å². The Kier molecular flexibility index (Phi) is 3.53. The van der Waals surface area contributed by atoms with Gasteiger partial charge < -0.3 is 14.8 Å². The molecule has 0 saturated heterocycles. The van der Waals surface area contributed by atoms with Crippen molar-refractivity contribution in [2.45, 2.75) is 52.5 Å². The smallest absolute Gasteiger partial charge is 0.231 e. The van der Waals surface area contributed by atoms with Crippen LogP contribution in [-0.4, -0.2) is 12.8 Å². The van der Waals surface area contributed by atoms with Gasteiger partial charge in [-0.25, -0.2) is 0 Å². The number of hydrogen-bond acceptors (Lipinski definition) is 3. The molecule has 2 atom stereocenters. The highest BCUT2D eigenvalue weighted by Crippen LogP contribution is 2.40. The molecule has 0 amide bonds. The third-order valence-corrected chi connectivity index (χ3v) is 4.60. The molecule has 1 aliphatic heterocycles. The summed E-state index contributed by atoms with van der Waals surface area (Å²) in [5, 5.41) is 3.73. The lowest BCUT2D eigenvalue weighted by atomic mass is 9.69. The highest BCUT2D eigenvalue weighted by atomic mass is 16.7. The highest BCUT2D eigenvalue weighted by Gasteiger charge is 2.34. The van der Waals surface area contributed by atoms with E-state index in [9.17, 15) is 0 Å². The Bertz CT molecular complexity index is 478. The van der Waals surface area contributed by atoms with E-state index in [0.29, 0.717) is 18.2 Å². The first-order valence-electron chi connectivity index (χ1n) is 7.70. The van der Waals surface area contributed by atoms with Gasteiger partial charge in [0.25, 0.3) is 0 Å². The zero-order valence-electron chi connectivity index (χ0n) is 12.7. The average Bonchev–Trinajstić information content (AvgIpc) is 2.85. The van der Waals surface area contributed by atoms with Crippen LogP contribution >= 0.6 is 0 Å². The standard InChI is InChI=1S/C17H25NO2/c1-17(2,3)13-6-4-5-7-14(13)18-12-8-9-15-16(10-12)20-11-19-15/h8-10,13-14,18H,4-7,11H2,1-3H3. The maximum Gasteiger partial charge on any atom is 0.231 e. The number of benzene rings is 1. The number of anilines is 1. The van der Waals surface area contributed by atoms with E-state index in [0.717, 1.165) is 23.1 Å². The Morgan fingerprint density at radius 1 is 1.05 bits per heavy atom. The lowest BCUT2D eigenvalue weighted by molar-refractivity contribution is 0.163. The fraction of sp³-hybridized carbons (Fsp3) is 0.647. The summed E-state index contributed by atoms with van der Waals surface area (Å²) < 4.78 is 10.8. The van der Waals surface area contributed by atoms with E-state index in [1.54, 1.807) is 0 Å². The first-order valence-corrected chi connectivity index (χ1v) is 7.70. The Hall–Kier alpha value is -1.38. The van der Waals surface area contributed by atoms with Crippen molar-refractivity contribution >= 4 is 5.69 Å². The zero-order valence-corrected chi connectivity index (χ0v) is 12.7. The maximum atomic E-state index is 5.46. The van der Waals surface area contributed by atoms with Crippen LogP contribution in [0, 0.1) is 11.3 Å². The van der Waals surface area contributed by atoms with Crippen LogP contribution < -0.4 is 14.8 Å². The SMILES string of the molecule is CC(C)(C)C1CCCCC1Nc1ccc2c(c1)OCO2. The summed E-state index contributed by atoms with van der Waals surface area (Å²) in [6, 6.07) is 6.72. The molecule has 1 aromatic rings. The van der Waals surface area contributed by atoms with Crippen LogP contribution in [0.25, 0.3) is 0 Å². The summed E-state index contributed by atoms with van der Waals surface area (Å²) in [5.41, 5.74) is 1.50. The number of fused-ring (bicyclic) bond motifs is 1. The van der Waals surface area contributed by atoms with Crippen LogP contribution in [0.1, 0.15) is 46.5 Å². The van der Waals surface area contributed by atoms with Gasteiger partial charge in [0.15, 0.2) is 11.5 Å². The van der Waals surface area contributed by atoms with Gasteiger partial charge in [-0.2, -0.15) is 0 Å². The Balaban J connectivity index is 1.75. The van der Waals surface area contributed by atoms with Gasteiger partial charge in [-0.05, 0) is 36.3 Å². The lowest BCUT2D eigenvalue weighted by Crippen LogP contribution is -2.39. The molecule has 3 heteroatoms. The molecule has 0 aromatic heterocycles. The van der Waals surface area contributed by atoms with Gasteiger partial charge >= 0.3 is 0 Å². The summed E-state index contributed by atoms with van der Waals surface area (Å²) >= 11 is 0. The fourth-order valence-corrected chi connectivity index (χ4v) is 3.54. The van der Waals surface area contributed by atoms with Crippen LogP contribution in [0.2, 0.25) is 0 Å². The Morgan fingerprint density at radius 3 is 2.60 bits per heavy atom. The lowest BCUT2D eigenvalue weighted by Gasteiger charge is -2.41. The molecule has 2 unspecified atom stereocenters. The number of ether oxygens (including phenoxy) is 2. The topological polar surface area (TPSA) is 30.5 Å². The molecular formula is C17H25NO2. The van der Waals surface area contributed by atoms with Crippen LogP contribution in [0.3, 0.4) is 0 Å². The van der Waals surface area contributed by atoms with Crippen LogP contribution in [-0.2, 0) is 0 Å². The number of hydrogen-bond donors (Lipinski definition) is 1. The normalized spacial score (nSPS) is 25.6. The van der Waals surface area contributed by atoms with Crippen molar-refractivity contribution in [3.8, 4) is 11.5 Å². The van der Waals surface area contributed by atoms with Gasteiger partial charge in [-0.15, -0.1) is 0 Å². The van der Waals surface area contributed by atoms with Crippen molar-refractivity contribution in [2.24, 2.45) is 11.3 Å². The number of rotatable bonds is 2. The van der Waals surface area contributed by atoms with Gasteiger partial charge in [0.1, 0.15) is 0 Å². The Morgan fingerprint density at radius 2 is 1.80 bits per heavy atom. The molecule has 3 rings (SSSR count). The van der Waals surface area contributed by atoms with E-state index in [-0.39, 0.29) is 0 Å². The van der Waals surface area contributed by atoms with Crippen LogP contribution in [0.5, 0.6) is 11.5 Å². The van der Waals surface area contributed by atoms with Gasteiger partial charge in [0.05, 0.1) is 0 Å². The number of nitrogens with one attached hydrogen (secondary N) is 1. The second kappa shape index (κ2) is 5.19. The average molecular weight is 275 g/mol. The van der Waals surface area contributed by atoms with Gasteiger partial charge in [0, 0.05) is 17.8 Å². The monoisotopic (exact) mass is 275 g/mol. The second-order valence-electron chi connectivity index (χ2n) is 7.08. The molecule has 20 heavy (non-hydrogen) atoms. The third kappa shape index (κ3) is 2.72. The summed E-state index contributed by atoms with van der Waals surface area (Å²) in [6.07, 6.45) is 5.28. The van der Waals surface area contributed by atoms with Crippen molar-refractivity contribution in [1.29, 1.82) is 0 Å². The maximum absolute atomic E-state index is 5.46. The summed E-state index contributed by atoms with van der Waals surface area (Å²) in [4.78, 5) is 0. The van der Waals surface area contributed by atoms with Crippen molar-refractivity contribution < 1.29 is 9.47 Å². The molecule has 0 spiro atoms. The summed E-state index contributed by atoms with van der Waals surface area (Å²) in [5.74, 6) is 2.44. The molecular weight excluding hydrogens is 250 g/mol. The molecule has 1 fully saturated rings. The minimum atomic E-state index is 0.340. The molecule has 3 nitrogen and oxygen atoms in total. The molecule has 1 N–H and O–H groups in total. The zero-order chi connectivity index (χ0) is 14.2. The van der Waals surface area contributed by atoms with Gasteiger partial charge in [-0.3, -0.25) is 0 Å². The van der Waals surface area contributed by atoms with Crippen LogP contribution in [0.15, 0.2) is 18.2 Å². The molecule has 1 aromatic carbocycles. The first-order chi connectivity index (χ1) is 9.54. The first kappa shape index (κ1) is 13.6. The van der Waals surface area contributed by atoms with E-state index in [1.807, 2.05) is 6.07 Å². The fourth-order valence-electron chi connectivity index (χ4n) is 3.54. The minimum absolute atomic E-state index is 0.340. The molecule has 1 saturated carbocycles. The quantitative estimate of drug-likeness (QED) is 0.866. The van der Waals surface area contributed by atoms with E-state index in [2.05, 4.69) is 38.2 Å². The predicted octanol–water partition coefficient (Wildman–Crippen LogP) is 4.43. The third-order valence-electron chi connectivity index (χ3n) is 4.60. The molecule has 0 bridgehead atoms. The van der Waals surface area contributed by atoms with E-state index >= 15 is 0 Å². The molecule has 2 aliphatic rings. The highest BCUT2D eigenvalue weighted by molar-refractivity contribution is 5.56. The minimum Gasteiger partial charge on any atom is -0.454 e. The largest absolute Gasteiger partial charge is 0.454 e. The molecule has 1 aliphatic carbocycles. The second-order valence-corrected chi connectivity index (χ2v) is 7.08. The van der Waals surface area contributed by atoms with Crippen molar-refractivity contribution in [1.82, 2.24) is 0 Å². The summed E-state index contributed by atoms with van der Waals surface area (Å²) in [7, 11) is 0. The van der Waals surface area contributed by atoms with Gasteiger partial charge in [-0.1, -0.05) is 33.6 Å². The molecule has 1 heterocycles.